The van der Waals surface area contributed by atoms with E-state index < -0.39 is 44.5 Å². The fourth-order valence-corrected chi connectivity index (χ4v) is 4.43. The molecular formula is C22H23N6O8P. The largest absolute Gasteiger partial charge is 0.469 e. The van der Waals surface area contributed by atoms with Crippen LogP contribution in [0, 0.1) is 0 Å². The van der Waals surface area contributed by atoms with Crippen molar-refractivity contribution in [2.45, 2.75) is 24.5 Å². The number of H-pyrrole nitrogens is 1. The van der Waals surface area contributed by atoms with Crippen molar-refractivity contribution in [1.82, 2.24) is 19.5 Å². The van der Waals surface area contributed by atoms with Gasteiger partial charge in [-0.1, -0.05) is 42.5 Å². The van der Waals surface area contributed by atoms with E-state index in [1.807, 2.05) is 42.5 Å². The van der Waals surface area contributed by atoms with Crippen LogP contribution in [0.5, 0.6) is 0 Å². The number of nitrogens with zero attached hydrogens (tertiary/aromatic N) is 3. The Labute approximate surface area is 208 Å². The minimum atomic E-state index is -4.86. The van der Waals surface area contributed by atoms with Crippen LogP contribution in [0.1, 0.15) is 6.23 Å². The molecule has 4 aromatic rings. The Kier molecular flexibility index (Phi) is 6.56. The van der Waals surface area contributed by atoms with E-state index in [9.17, 15) is 19.6 Å². The smallest absolute Gasteiger partial charge is 0.387 e. The molecule has 0 amide bonds. The zero-order chi connectivity index (χ0) is 26.3. The van der Waals surface area contributed by atoms with Gasteiger partial charge in [0.05, 0.1) is 6.61 Å². The normalized spacial score (nSPS) is 21.9. The van der Waals surface area contributed by atoms with Crippen LogP contribution < -0.4 is 16.6 Å². The number of hydrogen-bond donors (Lipinski definition) is 7. The summed E-state index contributed by atoms with van der Waals surface area (Å²) in [6.07, 6.45) is -5.83. The number of anilines is 3. The van der Waals surface area contributed by atoms with E-state index in [-0.39, 0.29) is 23.1 Å². The molecule has 4 atom stereocenters. The van der Waals surface area contributed by atoms with Gasteiger partial charge in [-0.15, -0.1) is 0 Å². The van der Waals surface area contributed by atoms with Gasteiger partial charge in [-0.2, -0.15) is 4.98 Å². The van der Waals surface area contributed by atoms with Crippen LogP contribution in [0.2, 0.25) is 0 Å². The molecule has 0 radical (unpaired) electrons. The number of benzene rings is 2. The van der Waals surface area contributed by atoms with E-state index >= 15 is 0 Å². The van der Waals surface area contributed by atoms with Crippen LogP contribution >= 0.6 is 7.82 Å². The predicted molar refractivity (Wildman–Crippen MR) is 132 cm³/mol. The molecule has 0 saturated carbocycles. The quantitative estimate of drug-likeness (QED) is 0.165. The lowest BCUT2D eigenvalue weighted by Crippen LogP contribution is -2.33. The number of hydrogen-bond acceptors (Lipinski definition) is 10. The molecule has 1 saturated heterocycles. The number of imidazole rings is 1. The molecule has 2 aromatic heterocycles. The molecule has 37 heavy (non-hydrogen) atoms. The molecule has 1 aliphatic rings. The number of nitrogen functional groups attached to an aromatic ring is 1. The maximum Gasteiger partial charge on any atom is 0.469 e. The van der Waals surface area contributed by atoms with Crippen LogP contribution in [0.3, 0.4) is 0 Å². The van der Waals surface area contributed by atoms with E-state index in [1.165, 1.54) is 4.57 Å². The fraction of sp³-hybridized carbons (Fsp3) is 0.227. The number of ether oxygens (including phenoxy) is 1. The molecule has 0 unspecified atom stereocenters. The van der Waals surface area contributed by atoms with Gasteiger partial charge in [0.15, 0.2) is 17.4 Å². The van der Waals surface area contributed by atoms with E-state index in [0.29, 0.717) is 5.69 Å². The summed E-state index contributed by atoms with van der Waals surface area (Å²) in [5, 5.41) is 24.2. The van der Waals surface area contributed by atoms with Gasteiger partial charge in [-0.05, 0) is 23.3 Å². The zero-order valence-corrected chi connectivity index (χ0v) is 19.9. The highest BCUT2D eigenvalue weighted by Gasteiger charge is 2.46. The molecule has 0 bridgehead atoms. The maximum atomic E-state index is 12.5. The topological polar surface area (TPSA) is 218 Å². The lowest BCUT2D eigenvalue weighted by Gasteiger charge is -2.20. The Morgan fingerprint density at radius 3 is 2.41 bits per heavy atom. The van der Waals surface area contributed by atoms with E-state index in [2.05, 4.69) is 24.8 Å². The van der Waals surface area contributed by atoms with Crippen LogP contribution in [0.25, 0.3) is 22.3 Å². The maximum absolute atomic E-state index is 12.5. The van der Waals surface area contributed by atoms with Gasteiger partial charge < -0.3 is 35.8 Å². The molecule has 5 rings (SSSR count). The lowest BCUT2D eigenvalue weighted by atomic mass is 10.1. The number of aromatic nitrogens is 4. The molecule has 14 nitrogen and oxygen atoms in total. The first kappa shape index (κ1) is 25.0. The molecule has 0 aliphatic carbocycles. The predicted octanol–water partition coefficient (Wildman–Crippen LogP) is 0.841. The third kappa shape index (κ3) is 5.12. The molecule has 15 heteroatoms. The van der Waals surface area contributed by atoms with Crippen molar-refractivity contribution in [3.63, 3.8) is 0 Å². The number of nitrogens with one attached hydrogen (secondary N) is 2. The Hall–Kier alpha value is -3.62. The number of aromatic amines is 1. The number of phosphoric acid groups is 1. The summed E-state index contributed by atoms with van der Waals surface area (Å²) in [6.45, 7) is -0.703. The van der Waals surface area contributed by atoms with Gasteiger partial charge in [-0.25, -0.2) is 9.55 Å². The summed E-state index contributed by atoms with van der Waals surface area (Å²) < 4.78 is 22.5. The standard InChI is InChI=1S/C22H23N6O8P/c23-21-26-18-15(19(31)27-21)25-22(24-13-8-6-12(7-9-13)11-4-2-1-3-5-11)28(18)20-17(30)16(29)14(36-20)10-35-37(32,33)34/h1-9,14,16-17,20,29-30H,10H2,(H,24,25)(H2,32,33,34)(H3,23,26,27,31)/t14-,16-,17-,20-/m1/s1. The number of rotatable bonds is 7. The van der Waals surface area contributed by atoms with Crippen LogP contribution in [-0.2, 0) is 13.8 Å². The summed E-state index contributed by atoms with van der Waals surface area (Å²) in [5.74, 6) is -0.175. The van der Waals surface area contributed by atoms with Gasteiger partial charge in [0, 0.05) is 5.69 Å². The highest BCUT2D eigenvalue weighted by molar-refractivity contribution is 7.46. The van der Waals surface area contributed by atoms with E-state index in [1.54, 1.807) is 12.1 Å². The number of aliphatic hydroxyl groups excluding tert-OH is 2. The van der Waals surface area contributed by atoms with Crippen molar-refractivity contribution in [3.05, 3.63) is 65.0 Å². The highest BCUT2D eigenvalue weighted by atomic mass is 31.2. The summed E-state index contributed by atoms with van der Waals surface area (Å²) in [5.41, 5.74) is 7.49. The van der Waals surface area contributed by atoms with Crippen molar-refractivity contribution in [2.75, 3.05) is 17.7 Å². The average molecular weight is 530 g/mol. The number of nitrogens with two attached hydrogens (primary N) is 1. The molecular weight excluding hydrogens is 507 g/mol. The third-order valence-electron chi connectivity index (χ3n) is 5.82. The molecule has 1 aliphatic heterocycles. The van der Waals surface area contributed by atoms with Gasteiger partial charge in [0.25, 0.3) is 5.56 Å². The highest BCUT2D eigenvalue weighted by Crippen LogP contribution is 2.39. The molecule has 194 valence electrons. The molecule has 1 fully saturated rings. The van der Waals surface area contributed by atoms with E-state index in [4.69, 9.17) is 20.3 Å². The van der Waals surface area contributed by atoms with Gasteiger partial charge >= 0.3 is 7.82 Å². The van der Waals surface area contributed by atoms with Crippen molar-refractivity contribution < 1.29 is 33.8 Å². The van der Waals surface area contributed by atoms with Crippen molar-refractivity contribution >= 4 is 36.6 Å². The molecule has 8 N–H and O–H groups in total. The first-order chi connectivity index (χ1) is 17.6. The second-order valence-corrected chi connectivity index (χ2v) is 9.57. The van der Waals surface area contributed by atoms with Crippen molar-refractivity contribution in [1.29, 1.82) is 0 Å². The van der Waals surface area contributed by atoms with Crippen molar-refractivity contribution in [2.24, 2.45) is 0 Å². The average Bonchev–Trinajstić information content (AvgIpc) is 3.35. The number of aliphatic hydroxyl groups is 2. The Bertz CT molecular complexity index is 1520. The zero-order valence-electron chi connectivity index (χ0n) is 19.0. The monoisotopic (exact) mass is 530 g/mol. The Morgan fingerprint density at radius 2 is 1.73 bits per heavy atom. The summed E-state index contributed by atoms with van der Waals surface area (Å²) in [7, 11) is -4.86. The van der Waals surface area contributed by atoms with Crippen LogP contribution in [-0.4, -0.2) is 64.4 Å². The fourth-order valence-electron chi connectivity index (χ4n) is 4.09. The Morgan fingerprint density at radius 1 is 1.05 bits per heavy atom. The second-order valence-electron chi connectivity index (χ2n) is 8.33. The molecule has 0 spiro atoms. The summed E-state index contributed by atoms with van der Waals surface area (Å²) in [6, 6.07) is 17.1. The van der Waals surface area contributed by atoms with Gasteiger partial charge in [-0.3, -0.25) is 18.9 Å². The minimum Gasteiger partial charge on any atom is -0.387 e. The van der Waals surface area contributed by atoms with Crippen molar-refractivity contribution in [3.8, 4) is 11.1 Å². The SMILES string of the molecule is Nc1nc2c(nc(Nc3ccc(-c4ccccc4)cc3)n2[C@@H]2O[C@H](COP(=O)(O)O)[C@@H](O)[C@H]2O)c(=O)[nH]1. The van der Waals surface area contributed by atoms with Crippen LogP contribution in [0.15, 0.2) is 59.4 Å². The van der Waals surface area contributed by atoms with Gasteiger partial charge in [0.2, 0.25) is 11.9 Å². The van der Waals surface area contributed by atoms with Gasteiger partial charge in [0.1, 0.15) is 18.3 Å². The third-order valence-corrected chi connectivity index (χ3v) is 6.30. The molecule has 3 heterocycles. The first-order valence-corrected chi connectivity index (χ1v) is 12.6. The summed E-state index contributed by atoms with van der Waals surface area (Å²) >= 11 is 0. The molecule has 2 aromatic carbocycles. The second kappa shape index (κ2) is 9.68. The number of phosphoric ester groups is 1. The number of fused-ring (bicyclic) bond motifs is 1. The summed E-state index contributed by atoms with van der Waals surface area (Å²) in [4.78, 5) is 41.3. The Balaban J connectivity index is 1.51. The lowest BCUT2D eigenvalue weighted by molar-refractivity contribution is -0.0493. The van der Waals surface area contributed by atoms with Crippen LogP contribution in [0.4, 0.5) is 17.6 Å². The van der Waals surface area contributed by atoms with E-state index in [0.717, 1.165) is 11.1 Å². The first-order valence-electron chi connectivity index (χ1n) is 11.0. The minimum absolute atomic E-state index is 0.0406.